The van der Waals surface area contributed by atoms with Crippen molar-refractivity contribution < 1.29 is 9.90 Å². The summed E-state index contributed by atoms with van der Waals surface area (Å²) in [4.78, 5) is 11.7. The van der Waals surface area contributed by atoms with Crippen LogP contribution in [-0.2, 0) is 10.3 Å². The van der Waals surface area contributed by atoms with Gasteiger partial charge in [0.1, 0.15) is 5.54 Å². The van der Waals surface area contributed by atoms with Gasteiger partial charge in [0.2, 0.25) is 0 Å². The molecule has 1 aromatic carbocycles. The van der Waals surface area contributed by atoms with Gasteiger partial charge < -0.3 is 5.11 Å². The molecule has 0 fully saturated rings. The maximum Gasteiger partial charge on any atom is 0.328 e. The van der Waals surface area contributed by atoms with E-state index in [-0.39, 0.29) is 12.5 Å². The smallest absolute Gasteiger partial charge is 0.328 e. The molecule has 0 amide bonds. The van der Waals surface area contributed by atoms with Gasteiger partial charge in [0.05, 0.1) is 6.54 Å². The van der Waals surface area contributed by atoms with Crippen LogP contribution in [0, 0.1) is 18.3 Å². The van der Waals surface area contributed by atoms with Crippen LogP contribution < -0.4 is 5.32 Å². The molecule has 0 aromatic heterocycles. The number of carboxylic acids is 1. The van der Waals surface area contributed by atoms with E-state index in [1.807, 2.05) is 44.2 Å². The lowest BCUT2D eigenvalue weighted by atomic mass is 9.82. The van der Waals surface area contributed by atoms with Gasteiger partial charge in [0.15, 0.2) is 0 Å². The molecule has 1 atom stereocenters. The van der Waals surface area contributed by atoms with Crippen LogP contribution in [0.25, 0.3) is 0 Å². The Morgan fingerprint density at radius 1 is 1.44 bits per heavy atom. The molecule has 18 heavy (non-hydrogen) atoms. The number of carboxylic acid groups (broad SMARTS) is 1. The Morgan fingerprint density at radius 3 is 2.50 bits per heavy atom. The largest absolute Gasteiger partial charge is 0.480 e. The van der Waals surface area contributed by atoms with Gasteiger partial charge in [-0.25, -0.2) is 4.79 Å². The quantitative estimate of drug-likeness (QED) is 0.756. The minimum atomic E-state index is -1.11. The summed E-state index contributed by atoms with van der Waals surface area (Å²) in [6.45, 7) is 4.23. The van der Waals surface area contributed by atoms with Crippen LogP contribution in [0.3, 0.4) is 0 Å². The third-order valence-electron chi connectivity index (χ3n) is 2.84. The summed E-state index contributed by atoms with van der Waals surface area (Å²) in [6.07, 6.45) is 5.73. The second kappa shape index (κ2) is 6.23. The number of nitrogens with one attached hydrogen (secondary N) is 1. The van der Waals surface area contributed by atoms with Gasteiger partial charge in [-0.05, 0) is 17.9 Å². The number of hydrogen-bond donors (Lipinski definition) is 2. The monoisotopic (exact) mass is 245 g/mol. The molecule has 3 heteroatoms. The normalized spacial score (nSPS) is 13.9. The van der Waals surface area contributed by atoms with Crippen molar-refractivity contribution >= 4 is 5.97 Å². The number of rotatable bonds is 6. The molecule has 0 saturated carbocycles. The van der Waals surface area contributed by atoms with Crippen LogP contribution in [0.5, 0.6) is 0 Å². The number of terminal acetylenes is 1. The molecule has 0 heterocycles. The van der Waals surface area contributed by atoms with Crippen molar-refractivity contribution in [3.05, 3.63) is 35.9 Å². The topological polar surface area (TPSA) is 49.3 Å². The van der Waals surface area contributed by atoms with E-state index in [0.29, 0.717) is 6.42 Å². The summed E-state index contributed by atoms with van der Waals surface area (Å²) < 4.78 is 0. The molecular formula is C15H19NO2. The minimum Gasteiger partial charge on any atom is -0.480 e. The van der Waals surface area contributed by atoms with Crippen molar-refractivity contribution in [2.75, 3.05) is 6.54 Å². The van der Waals surface area contributed by atoms with Crippen molar-refractivity contribution in [1.82, 2.24) is 5.32 Å². The third-order valence-corrected chi connectivity index (χ3v) is 2.84. The second-order valence-corrected chi connectivity index (χ2v) is 4.73. The molecule has 2 N–H and O–H groups in total. The van der Waals surface area contributed by atoms with Crippen LogP contribution in [0.1, 0.15) is 25.8 Å². The van der Waals surface area contributed by atoms with Crippen molar-refractivity contribution in [2.45, 2.75) is 25.8 Å². The van der Waals surface area contributed by atoms with E-state index in [1.54, 1.807) is 0 Å². The van der Waals surface area contributed by atoms with Crippen LogP contribution >= 0.6 is 0 Å². The van der Waals surface area contributed by atoms with Crippen molar-refractivity contribution in [3.63, 3.8) is 0 Å². The molecule has 96 valence electrons. The van der Waals surface area contributed by atoms with Crippen LogP contribution in [0.2, 0.25) is 0 Å². The Bertz CT molecular complexity index is 434. The van der Waals surface area contributed by atoms with E-state index in [0.717, 1.165) is 5.56 Å². The summed E-state index contributed by atoms with van der Waals surface area (Å²) >= 11 is 0. The maximum absolute atomic E-state index is 11.7. The van der Waals surface area contributed by atoms with Gasteiger partial charge >= 0.3 is 5.97 Å². The average molecular weight is 245 g/mol. The highest BCUT2D eigenvalue weighted by molar-refractivity contribution is 5.80. The fourth-order valence-electron chi connectivity index (χ4n) is 2.12. The van der Waals surface area contributed by atoms with Crippen molar-refractivity contribution in [2.24, 2.45) is 5.92 Å². The predicted molar refractivity (Wildman–Crippen MR) is 72.0 cm³/mol. The summed E-state index contributed by atoms with van der Waals surface area (Å²) in [5.41, 5.74) is -0.372. The highest BCUT2D eigenvalue weighted by Gasteiger charge is 2.40. The van der Waals surface area contributed by atoms with Gasteiger partial charge in [-0.1, -0.05) is 50.1 Å². The average Bonchev–Trinajstić information content (AvgIpc) is 2.34. The molecular weight excluding hydrogens is 226 g/mol. The first kappa shape index (κ1) is 14.3. The van der Waals surface area contributed by atoms with Gasteiger partial charge in [-0.15, -0.1) is 6.42 Å². The van der Waals surface area contributed by atoms with Crippen molar-refractivity contribution in [1.29, 1.82) is 0 Å². The first-order chi connectivity index (χ1) is 8.53. The van der Waals surface area contributed by atoms with Gasteiger partial charge in [0, 0.05) is 0 Å². The van der Waals surface area contributed by atoms with Crippen LogP contribution in [0.4, 0.5) is 0 Å². The van der Waals surface area contributed by atoms with E-state index in [9.17, 15) is 9.90 Å². The van der Waals surface area contributed by atoms with Gasteiger partial charge in [-0.3, -0.25) is 5.32 Å². The Kier molecular flexibility index (Phi) is 4.94. The SMILES string of the molecule is C#CCNC(CC(C)C)(C(=O)O)c1ccccc1. The molecule has 1 unspecified atom stereocenters. The molecule has 0 aliphatic rings. The molecule has 0 saturated heterocycles. The number of aliphatic carboxylic acids is 1. The lowest BCUT2D eigenvalue weighted by Gasteiger charge is -2.32. The molecule has 0 aliphatic carbocycles. The Balaban J connectivity index is 3.20. The highest BCUT2D eigenvalue weighted by atomic mass is 16.4. The van der Waals surface area contributed by atoms with Gasteiger partial charge in [0.25, 0.3) is 0 Å². The summed E-state index contributed by atoms with van der Waals surface area (Å²) in [6, 6.07) is 9.18. The fourth-order valence-corrected chi connectivity index (χ4v) is 2.12. The zero-order valence-corrected chi connectivity index (χ0v) is 10.8. The number of hydrogen-bond acceptors (Lipinski definition) is 2. The van der Waals surface area contributed by atoms with Crippen LogP contribution in [-0.4, -0.2) is 17.6 Å². The molecule has 0 spiro atoms. The molecule has 0 aliphatic heterocycles. The van der Waals surface area contributed by atoms with E-state index in [2.05, 4.69) is 11.2 Å². The number of benzene rings is 1. The first-order valence-electron chi connectivity index (χ1n) is 6.00. The van der Waals surface area contributed by atoms with E-state index >= 15 is 0 Å². The summed E-state index contributed by atoms with van der Waals surface area (Å²) in [5.74, 6) is 1.80. The highest BCUT2D eigenvalue weighted by Crippen LogP contribution is 2.29. The number of carbonyl (C=O) groups is 1. The van der Waals surface area contributed by atoms with Crippen molar-refractivity contribution in [3.8, 4) is 12.3 Å². The predicted octanol–water partition coefficient (Wildman–Crippen LogP) is 2.24. The van der Waals surface area contributed by atoms with E-state index in [1.165, 1.54) is 0 Å². The Hall–Kier alpha value is -1.79. The second-order valence-electron chi connectivity index (χ2n) is 4.73. The molecule has 0 radical (unpaired) electrons. The molecule has 3 nitrogen and oxygen atoms in total. The third kappa shape index (κ3) is 3.12. The lowest BCUT2D eigenvalue weighted by Crippen LogP contribution is -2.50. The Morgan fingerprint density at radius 2 is 2.06 bits per heavy atom. The lowest BCUT2D eigenvalue weighted by molar-refractivity contribution is -0.146. The Labute approximate surface area is 108 Å². The molecule has 0 bridgehead atoms. The molecule has 1 aromatic rings. The fraction of sp³-hybridized carbons (Fsp3) is 0.400. The maximum atomic E-state index is 11.7. The van der Waals surface area contributed by atoms with Gasteiger partial charge in [-0.2, -0.15) is 0 Å². The summed E-state index contributed by atoms with van der Waals surface area (Å²) in [5, 5.41) is 12.6. The van der Waals surface area contributed by atoms with E-state index < -0.39 is 11.5 Å². The zero-order chi connectivity index (χ0) is 13.6. The molecule has 1 rings (SSSR count). The van der Waals surface area contributed by atoms with E-state index in [4.69, 9.17) is 6.42 Å². The summed E-state index contributed by atoms with van der Waals surface area (Å²) in [7, 11) is 0. The zero-order valence-electron chi connectivity index (χ0n) is 10.8. The standard InChI is InChI=1S/C15H19NO2/c1-4-10-16-15(14(17)18,11-12(2)3)13-8-6-5-7-9-13/h1,5-9,12,16H,10-11H2,2-3H3,(H,17,18). The minimum absolute atomic E-state index is 0.230. The first-order valence-corrected chi connectivity index (χ1v) is 6.00. The van der Waals surface area contributed by atoms with Crippen LogP contribution in [0.15, 0.2) is 30.3 Å².